The fourth-order valence-corrected chi connectivity index (χ4v) is 6.30. The Morgan fingerprint density at radius 3 is 1.28 bits per heavy atom. The van der Waals surface area contributed by atoms with E-state index in [2.05, 4.69) is 16.0 Å². The Kier molecular flexibility index (Phi) is 31.0. The monoisotopic (exact) mass is 990 g/mol. The molecule has 0 radical (unpaired) electrons. The highest BCUT2D eigenvalue weighted by molar-refractivity contribution is 5.84. The lowest BCUT2D eigenvalue weighted by Gasteiger charge is -2.22. The number of benzene rings is 4. The van der Waals surface area contributed by atoms with Crippen LogP contribution < -0.4 is 27.4 Å². The molecule has 0 aromatic heterocycles. The van der Waals surface area contributed by atoms with Gasteiger partial charge in [0.15, 0.2) is 0 Å². The Balaban J connectivity index is 0.000000480. The summed E-state index contributed by atoms with van der Waals surface area (Å²) in [4.78, 5) is 66.9. The van der Waals surface area contributed by atoms with Crippen molar-refractivity contribution in [3.05, 3.63) is 119 Å². The Morgan fingerprint density at radius 1 is 0.535 bits per heavy atom. The third-order valence-electron chi connectivity index (χ3n) is 10.1. The van der Waals surface area contributed by atoms with Crippen molar-refractivity contribution >= 4 is 35.7 Å². The number of para-hydroxylation sites is 4. The summed E-state index contributed by atoms with van der Waals surface area (Å²) in [6, 6.07) is 26.6. The van der Waals surface area contributed by atoms with E-state index in [4.69, 9.17) is 26.4 Å². The highest BCUT2D eigenvalue weighted by atomic mass is 16.6. The summed E-state index contributed by atoms with van der Waals surface area (Å²) >= 11 is 0. The number of phenolic OH excluding ortho intramolecular Hbond substituents is 4. The molecular formula is C53H75N5O13. The Bertz CT molecular complexity index is 2210. The zero-order valence-corrected chi connectivity index (χ0v) is 41.2. The predicted molar refractivity (Wildman–Crippen MR) is 270 cm³/mol. The second-order valence-corrected chi connectivity index (χ2v) is 17.3. The van der Waals surface area contributed by atoms with Gasteiger partial charge in [0.2, 0.25) is 23.6 Å². The van der Waals surface area contributed by atoms with E-state index in [9.17, 15) is 49.2 Å². The molecule has 4 rings (SSSR count). The number of phenols is 4. The number of unbranched alkanes of at least 4 members (excludes halogenated alkanes) is 5. The van der Waals surface area contributed by atoms with Crippen molar-refractivity contribution in [3.63, 3.8) is 0 Å². The topological polar surface area (TPSA) is 321 Å². The maximum atomic E-state index is 11.6. The SMILES string of the molecule is CC(C)(C)OC(=O)NC(Cc1ccccc1O)C(N)=O.NC(=O)CCc1ccccc1O.O=C(CCc1ccccc1O)NCCCCCCO.O=C(O)CCCCCNC(=O)CCc1ccccc1O. The molecule has 13 N–H and O–H groups in total. The van der Waals surface area contributed by atoms with E-state index in [0.717, 1.165) is 55.2 Å². The molecule has 0 fully saturated rings. The number of aliphatic hydroxyl groups is 1. The molecule has 0 spiro atoms. The van der Waals surface area contributed by atoms with Gasteiger partial charge in [0.25, 0.3) is 0 Å². The van der Waals surface area contributed by atoms with Gasteiger partial charge in [-0.3, -0.25) is 24.0 Å². The highest BCUT2D eigenvalue weighted by Crippen LogP contribution is 2.20. The third-order valence-corrected chi connectivity index (χ3v) is 10.1. The molecule has 1 unspecified atom stereocenters. The van der Waals surface area contributed by atoms with Gasteiger partial charge in [0.1, 0.15) is 34.6 Å². The van der Waals surface area contributed by atoms with Crippen LogP contribution in [0.2, 0.25) is 0 Å². The first-order valence-corrected chi connectivity index (χ1v) is 23.7. The van der Waals surface area contributed by atoms with E-state index in [1.54, 1.807) is 87.5 Å². The van der Waals surface area contributed by atoms with Gasteiger partial charge in [-0.05, 0) is 112 Å². The first-order chi connectivity index (χ1) is 33.7. The molecule has 18 heteroatoms. The molecule has 18 nitrogen and oxygen atoms in total. The van der Waals surface area contributed by atoms with Gasteiger partial charge in [-0.2, -0.15) is 0 Å². The number of aliphatic hydroxyl groups excluding tert-OH is 1. The van der Waals surface area contributed by atoms with Crippen LogP contribution in [0.5, 0.6) is 23.0 Å². The summed E-state index contributed by atoms with van der Waals surface area (Å²) in [5.41, 5.74) is 12.4. The number of rotatable bonds is 25. The number of nitrogens with one attached hydrogen (secondary N) is 3. The first-order valence-electron chi connectivity index (χ1n) is 23.7. The van der Waals surface area contributed by atoms with Crippen LogP contribution in [0.4, 0.5) is 4.79 Å². The van der Waals surface area contributed by atoms with Gasteiger partial charge in [-0.1, -0.05) is 92.1 Å². The number of hydrogen-bond acceptors (Lipinski definition) is 12. The van der Waals surface area contributed by atoms with Crippen molar-refractivity contribution in [1.82, 2.24) is 16.0 Å². The van der Waals surface area contributed by atoms with Crippen molar-refractivity contribution in [2.75, 3.05) is 19.7 Å². The van der Waals surface area contributed by atoms with Crippen molar-refractivity contribution in [2.24, 2.45) is 11.5 Å². The number of aromatic hydroxyl groups is 4. The molecule has 71 heavy (non-hydrogen) atoms. The minimum atomic E-state index is -0.946. The number of nitrogens with two attached hydrogens (primary N) is 2. The normalized spacial score (nSPS) is 10.8. The first kappa shape index (κ1) is 61.7. The predicted octanol–water partition coefficient (Wildman–Crippen LogP) is 6.20. The summed E-state index contributed by atoms with van der Waals surface area (Å²) < 4.78 is 5.07. The van der Waals surface area contributed by atoms with E-state index in [0.29, 0.717) is 57.2 Å². The maximum absolute atomic E-state index is 11.6. The number of amides is 5. The number of hydrogen-bond donors (Lipinski definition) is 11. The molecule has 390 valence electrons. The minimum Gasteiger partial charge on any atom is -0.508 e. The highest BCUT2D eigenvalue weighted by Gasteiger charge is 2.24. The van der Waals surface area contributed by atoms with Crippen molar-refractivity contribution < 1.29 is 64.1 Å². The van der Waals surface area contributed by atoms with Crippen LogP contribution in [0, 0.1) is 0 Å². The second kappa shape index (κ2) is 35.7. The maximum Gasteiger partial charge on any atom is 0.408 e. The molecule has 0 heterocycles. The van der Waals surface area contributed by atoms with Crippen LogP contribution in [0.1, 0.15) is 114 Å². The summed E-state index contributed by atoms with van der Waals surface area (Å²) in [6.07, 6.45) is 8.18. The van der Waals surface area contributed by atoms with Gasteiger partial charge in [-0.15, -0.1) is 0 Å². The van der Waals surface area contributed by atoms with E-state index < -0.39 is 29.6 Å². The van der Waals surface area contributed by atoms with Crippen LogP contribution in [0.15, 0.2) is 97.1 Å². The largest absolute Gasteiger partial charge is 0.508 e. The average molecular weight is 990 g/mol. The quantitative estimate of drug-likeness (QED) is 0.0330. The molecule has 0 saturated heterocycles. The van der Waals surface area contributed by atoms with E-state index in [-0.39, 0.29) is 66.6 Å². The number of carboxylic acids is 1. The van der Waals surface area contributed by atoms with Gasteiger partial charge in [0, 0.05) is 51.8 Å². The average Bonchev–Trinajstić information content (AvgIpc) is 3.31. The lowest BCUT2D eigenvalue weighted by Crippen LogP contribution is -2.47. The molecular weight excluding hydrogens is 915 g/mol. The van der Waals surface area contributed by atoms with E-state index >= 15 is 0 Å². The fraction of sp³-hybridized carbons (Fsp3) is 0.434. The molecule has 0 aliphatic carbocycles. The number of carbonyl (C=O) groups excluding carboxylic acids is 5. The van der Waals surface area contributed by atoms with Crippen LogP contribution in [0.3, 0.4) is 0 Å². The van der Waals surface area contributed by atoms with Crippen LogP contribution in [0.25, 0.3) is 0 Å². The van der Waals surface area contributed by atoms with Gasteiger partial charge in [-0.25, -0.2) is 4.79 Å². The fourth-order valence-electron chi connectivity index (χ4n) is 6.30. The Hall–Kier alpha value is -7.34. The number of carboxylic acid groups (broad SMARTS) is 1. The minimum absolute atomic E-state index is 0.0189. The summed E-state index contributed by atoms with van der Waals surface area (Å²) in [7, 11) is 0. The number of primary amides is 2. The van der Waals surface area contributed by atoms with Gasteiger partial charge < -0.3 is 62.8 Å². The van der Waals surface area contributed by atoms with Crippen molar-refractivity contribution in [1.29, 1.82) is 0 Å². The third kappa shape index (κ3) is 31.4. The van der Waals surface area contributed by atoms with Gasteiger partial charge in [0.05, 0.1) is 0 Å². The lowest BCUT2D eigenvalue weighted by atomic mass is 10.0. The number of ether oxygens (including phenoxy) is 1. The summed E-state index contributed by atoms with van der Waals surface area (Å²) in [5, 5.41) is 63.2. The number of carbonyl (C=O) groups is 6. The summed E-state index contributed by atoms with van der Waals surface area (Å²) in [5.74, 6) is -1.12. The molecule has 0 aliphatic heterocycles. The van der Waals surface area contributed by atoms with Crippen LogP contribution in [-0.4, -0.2) is 97.7 Å². The van der Waals surface area contributed by atoms with Gasteiger partial charge >= 0.3 is 12.1 Å². The van der Waals surface area contributed by atoms with E-state index in [1.807, 2.05) is 24.3 Å². The number of aliphatic carboxylic acids is 1. The standard InChI is InChI=1S/C15H21NO4.C15H23NO3.C14H20N2O4.C9H11NO2/c17-13-7-4-3-6-12(13)9-10-14(18)16-11-5-1-2-8-15(19)20;17-12-6-2-1-5-11-16-15(19)10-9-13-7-3-4-8-14(13)18;1-14(2,3)20-13(19)16-10(12(15)18)8-9-6-4-5-7-11(9)17;10-9(12)6-5-7-3-1-2-4-8(7)11/h3-4,6-7,17H,1-2,5,8-11H2,(H,16,18)(H,19,20);3-4,7-8,17-18H,1-2,5-6,9-12H2,(H,16,19);4-7,10,17H,8H2,1-3H3,(H2,15,18)(H,16,19);1-4,11H,5-6H2,(H2,10,12). The Morgan fingerprint density at radius 2 is 0.915 bits per heavy atom. The molecule has 0 bridgehead atoms. The number of alkyl carbamates (subject to hydrolysis) is 1. The molecule has 0 saturated carbocycles. The summed E-state index contributed by atoms with van der Waals surface area (Å²) in [6.45, 7) is 6.65. The molecule has 4 aromatic carbocycles. The molecule has 0 aliphatic rings. The molecule has 5 amide bonds. The number of aryl methyl sites for hydroxylation is 3. The zero-order chi connectivity index (χ0) is 53.0. The van der Waals surface area contributed by atoms with Crippen molar-refractivity contribution in [3.8, 4) is 23.0 Å². The Labute approximate surface area is 416 Å². The van der Waals surface area contributed by atoms with Crippen molar-refractivity contribution in [2.45, 2.75) is 129 Å². The molecule has 4 aromatic rings. The van der Waals surface area contributed by atoms with Crippen LogP contribution in [-0.2, 0) is 54.4 Å². The van der Waals surface area contributed by atoms with E-state index in [1.165, 1.54) is 6.07 Å². The smallest absolute Gasteiger partial charge is 0.408 e. The second-order valence-electron chi connectivity index (χ2n) is 17.3. The zero-order valence-electron chi connectivity index (χ0n) is 41.2. The van der Waals surface area contributed by atoms with Crippen LogP contribution >= 0.6 is 0 Å². The lowest BCUT2D eigenvalue weighted by molar-refractivity contribution is -0.137. The molecule has 1 atom stereocenters.